The molecule has 1 heterocycles. The van der Waals surface area contributed by atoms with Crippen molar-refractivity contribution in [2.45, 2.75) is 13.8 Å². The van der Waals surface area contributed by atoms with E-state index in [9.17, 15) is 15.3 Å². The monoisotopic (exact) mass is 417 g/mol. The van der Waals surface area contributed by atoms with Gasteiger partial charge >= 0.3 is 0 Å². The van der Waals surface area contributed by atoms with Crippen molar-refractivity contribution in [3.05, 3.63) is 72.6 Å². The van der Waals surface area contributed by atoms with Crippen LogP contribution >= 0.6 is 11.3 Å². The van der Waals surface area contributed by atoms with Crippen LogP contribution < -0.4 is 24.2 Å². The zero-order valence-electron chi connectivity index (χ0n) is 17.0. The highest BCUT2D eigenvalue weighted by Crippen LogP contribution is 2.25. The first-order valence-corrected chi connectivity index (χ1v) is 9.83. The minimum Gasteiger partial charge on any atom is -0.497 e. The number of thiazole rings is 1. The van der Waals surface area contributed by atoms with Crippen molar-refractivity contribution in [3.63, 3.8) is 0 Å². The van der Waals surface area contributed by atoms with Gasteiger partial charge in [-0.25, -0.2) is 0 Å². The number of hydrogen-bond acceptors (Lipinski definition) is 6. The number of para-hydroxylation sites is 1. The molecule has 0 aliphatic heterocycles. The molecule has 0 aliphatic rings. The van der Waals surface area contributed by atoms with Crippen LogP contribution in [-0.2, 0) is 0 Å². The van der Waals surface area contributed by atoms with Crippen molar-refractivity contribution in [2.24, 2.45) is 0 Å². The Hall–Kier alpha value is -3.81. The second-order valence-corrected chi connectivity index (χ2v) is 7.53. The van der Waals surface area contributed by atoms with Crippen molar-refractivity contribution in [3.8, 4) is 29.3 Å². The Morgan fingerprint density at radius 2 is 1.73 bits per heavy atom. The predicted molar refractivity (Wildman–Crippen MR) is 116 cm³/mol. The summed E-state index contributed by atoms with van der Waals surface area (Å²) in [7, 11) is 3.10. The number of nitrogens with zero attached hydrogens (tertiary/aromatic N) is 3. The Balaban J connectivity index is 2.44. The largest absolute Gasteiger partial charge is 0.497 e. The van der Waals surface area contributed by atoms with Crippen LogP contribution in [0.5, 0.6) is 11.5 Å². The number of aromatic nitrogens is 1. The van der Waals surface area contributed by atoms with Gasteiger partial charge in [0, 0.05) is 11.6 Å². The van der Waals surface area contributed by atoms with Crippen LogP contribution in [0, 0.1) is 36.5 Å². The van der Waals surface area contributed by atoms with Crippen LogP contribution in [0.25, 0.3) is 17.3 Å². The molecule has 0 amide bonds. The molecule has 3 aromatic rings. The van der Waals surface area contributed by atoms with Crippen LogP contribution in [0.1, 0.15) is 16.7 Å². The van der Waals surface area contributed by atoms with Crippen molar-refractivity contribution < 1.29 is 9.47 Å². The van der Waals surface area contributed by atoms with Gasteiger partial charge in [0.05, 0.1) is 24.4 Å². The van der Waals surface area contributed by atoms with E-state index >= 15 is 0 Å². The van der Waals surface area contributed by atoms with E-state index in [0.29, 0.717) is 31.9 Å². The molecule has 0 saturated carbocycles. The number of nitriles is 2. The second-order valence-electron chi connectivity index (χ2n) is 6.50. The SMILES string of the molecule is COc1ccc(/C=c2\sc(=C(C#N)C#N)n(-c3c(C)cccc3C)c2=O)c(OC)c1. The first-order chi connectivity index (χ1) is 14.4. The fourth-order valence-corrected chi connectivity index (χ4v) is 4.24. The Bertz CT molecular complexity index is 1350. The van der Waals surface area contributed by atoms with Crippen molar-refractivity contribution in [1.82, 2.24) is 4.57 Å². The number of aryl methyl sites for hydroxylation is 2. The average molecular weight is 417 g/mol. The van der Waals surface area contributed by atoms with Gasteiger partial charge in [-0.05, 0) is 43.2 Å². The topological polar surface area (TPSA) is 88.0 Å². The van der Waals surface area contributed by atoms with Gasteiger partial charge in [-0.2, -0.15) is 10.5 Å². The molecule has 30 heavy (non-hydrogen) atoms. The van der Waals surface area contributed by atoms with Gasteiger partial charge in [-0.3, -0.25) is 9.36 Å². The van der Waals surface area contributed by atoms with Crippen molar-refractivity contribution in [2.75, 3.05) is 14.2 Å². The van der Waals surface area contributed by atoms with Crippen LogP contribution in [0.3, 0.4) is 0 Å². The Morgan fingerprint density at radius 1 is 1.07 bits per heavy atom. The molecule has 0 saturated heterocycles. The lowest BCUT2D eigenvalue weighted by molar-refractivity contribution is 0.393. The van der Waals surface area contributed by atoms with Gasteiger partial charge < -0.3 is 9.47 Å². The summed E-state index contributed by atoms with van der Waals surface area (Å²) in [6, 6.07) is 14.8. The van der Waals surface area contributed by atoms with Gasteiger partial charge in [0.1, 0.15) is 28.3 Å². The number of ether oxygens (including phenoxy) is 2. The predicted octanol–water partition coefficient (Wildman–Crippen LogP) is 2.56. The number of rotatable bonds is 4. The first kappa shape index (κ1) is 20.9. The van der Waals surface area contributed by atoms with Crippen LogP contribution in [0.15, 0.2) is 41.2 Å². The fourth-order valence-electron chi connectivity index (χ4n) is 3.21. The fraction of sp³-hybridized carbons (Fsp3) is 0.174. The molecule has 1 aromatic heterocycles. The van der Waals surface area contributed by atoms with E-state index in [1.165, 1.54) is 11.7 Å². The second kappa shape index (κ2) is 8.69. The summed E-state index contributed by atoms with van der Waals surface area (Å²) in [5.41, 5.74) is 2.71. The highest BCUT2D eigenvalue weighted by molar-refractivity contribution is 7.07. The molecule has 0 unspecified atom stereocenters. The van der Waals surface area contributed by atoms with E-state index in [2.05, 4.69) is 0 Å². The van der Waals surface area contributed by atoms with E-state index in [1.807, 2.05) is 44.2 Å². The molecule has 3 rings (SSSR count). The molecule has 0 fully saturated rings. The third-order valence-electron chi connectivity index (χ3n) is 4.65. The maximum absolute atomic E-state index is 13.4. The number of benzene rings is 2. The summed E-state index contributed by atoms with van der Waals surface area (Å²) in [4.78, 5) is 13.4. The third-order valence-corrected chi connectivity index (χ3v) is 5.74. The summed E-state index contributed by atoms with van der Waals surface area (Å²) in [6.07, 6.45) is 1.70. The molecule has 0 aliphatic carbocycles. The smallest absolute Gasteiger partial charge is 0.273 e. The molecule has 0 radical (unpaired) electrons. The highest BCUT2D eigenvalue weighted by Gasteiger charge is 2.15. The molecule has 2 aromatic carbocycles. The normalized spacial score (nSPS) is 10.9. The minimum absolute atomic E-state index is 0.110. The lowest BCUT2D eigenvalue weighted by atomic mass is 10.1. The average Bonchev–Trinajstić information content (AvgIpc) is 3.05. The summed E-state index contributed by atoms with van der Waals surface area (Å²) in [5.74, 6) is 1.18. The van der Waals surface area contributed by atoms with E-state index in [4.69, 9.17) is 9.47 Å². The Morgan fingerprint density at radius 3 is 2.30 bits per heavy atom. The molecule has 0 N–H and O–H groups in total. The van der Waals surface area contributed by atoms with E-state index < -0.39 is 0 Å². The van der Waals surface area contributed by atoms with Crippen molar-refractivity contribution in [1.29, 1.82) is 10.5 Å². The lowest BCUT2D eigenvalue weighted by Crippen LogP contribution is -2.31. The van der Waals surface area contributed by atoms with Crippen LogP contribution in [0.2, 0.25) is 0 Å². The number of hydrogen-bond donors (Lipinski definition) is 0. The minimum atomic E-state index is -0.298. The Kier molecular flexibility index (Phi) is 6.06. The maximum Gasteiger partial charge on any atom is 0.273 e. The molecule has 0 spiro atoms. The quantitative estimate of drug-likeness (QED) is 0.651. The van der Waals surface area contributed by atoms with Gasteiger partial charge in [-0.15, -0.1) is 11.3 Å². The third kappa shape index (κ3) is 3.71. The summed E-state index contributed by atoms with van der Waals surface area (Å²) in [5, 5.41) is 18.9. The Labute approximate surface area is 177 Å². The van der Waals surface area contributed by atoms with Crippen LogP contribution in [0.4, 0.5) is 0 Å². The van der Waals surface area contributed by atoms with E-state index in [-0.39, 0.29) is 11.1 Å². The van der Waals surface area contributed by atoms with Crippen molar-refractivity contribution >= 4 is 23.0 Å². The van der Waals surface area contributed by atoms with Gasteiger partial charge in [0.25, 0.3) is 5.56 Å². The van der Waals surface area contributed by atoms with Crippen LogP contribution in [-0.4, -0.2) is 18.8 Å². The van der Waals surface area contributed by atoms with Gasteiger partial charge in [0.2, 0.25) is 0 Å². The molecule has 6 nitrogen and oxygen atoms in total. The summed E-state index contributed by atoms with van der Waals surface area (Å²) >= 11 is 1.11. The number of methoxy groups -OCH3 is 2. The van der Waals surface area contributed by atoms with Gasteiger partial charge in [-0.1, -0.05) is 18.2 Å². The van der Waals surface area contributed by atoms with Gasteiger partial charge in [0.15, 0.2) is 5.57 Å². The maximum atomic E-state index is 13.4. The first-order valence-electron chi connectivity index (χ1n) is 9.01. The zero-order chi connectivity index (χ0) is 21.8. The summed E-state index contributed by atoms with van der Waals surface area (Å²) < 4.78 is 12.8. The zero-order valence-corrected chi connectivity index (χ0v) is 17.8. The summed E-state index contributed by atoms with van der Waals surface area (Å²) in [6.45, 7) is 3.79. The standard InChI is InChI=1S/C23H19N3O3S/c1-14-6-5-7-15(2)21(14)26-22(27)20(30-23(26)17(12-24)13-25)10-16-8-9-18(28-3)11-19(16)29-4/h5-11H,1-4H3/b20-10-. The molecular weight excluding hydrogens is 398 g/mol. The molecule has 0 bridgehead atoms. The molecular formula is C23H19N3O3S. The van der Waals surface area contributed by atoms with E-state index in [0.717, 1.165) is 22.5 Å². The molecule has 0 atom stereocenters. The van der Waals surface area contributed by atoms with E-state index in [1.54, 1.807) is 31.4 Å². The molecule has 7 heteroatoms. The highest BCUT2D eigenvalue weighted by atomic mass is 32.1. The lowest BCUT2D eigenvalue weighted by Gasteiger charge is -2.10. The molecule has 150 valence electrons.